The number of sulfonamides is 1. The van der Waals surface area contributed by atoms with Crippen LogP contribution < -0.4 is 0 Å². The lowest BCUT2D eigenvalue weighted by Gasteiger charge is -2.29. The first-order valence-corrected chi connectivity index (χ1v) is 9.96. The molecule has 7 nitrogen and oxygen atoms in total. The second-order valence-corrected chi connectivity index (χ2v) is 8.44. The summed E-state index contributed by atoms with van der Waals surface area (Å²) in [6.07, 6.45) is 5.52. The topological polar surface area (TPSA) is 81.0 Å². The Hall–Kier alpha value is -1.80. The van der Waals surface area contributed by atoms with Gasteiger partial charge in [-0.25, -0.2) is 22.7 Å². The summed E-state index contributed by atoms with van der Waals surface area (Å²) in [7, 11) is -1.18. The van der Waals surface area contributed by atoms with Gasteiger partial charge in [0.05, 0.1) is 17.6 Å². The fraction of sp³-hybridized carbons (Fsp3) is 0.562. The van der Waals surface area contributed by atoms with Gasteiger partial charge in [0, 0.05) is 38.4 Å². The number of hydrogen-bond donors (Lipinski definition) is 0. The molecule has 2 aromatic rings. The second-order valence-electron chi connectivity index (χ2n) is 6.46. The summed E-state index contributed by atoms with van der Waals surface area (Å²) in [5.74, 6) is 1.24. The fourth-order valence-electron chi connectivity index (χ4n) is 3.18. The van der Waals surface area contributed by atoms with Gasteiger partial charge in [-0.05, 0) is 37.8 Å². The molecule has 0 bridgehead atoms. The summed E-state index contributed by atoms with van der Waals surface area (Å²) in [6.45, 7) is 3.14. The van der Waals surface area contributed by atoms with Gasteiger partial charge in [-0.3, -0.25) is 4.68 Å². The molecule has 0 atom stereocenters. The van der Waals surface area contributed by atoms with Crippen LogP contribution >= 0.6 is 0 Å². The van der Waals surface area contributed by atoms with Crippen LogP contribution in [0.5, 0.6) is 0 Å². The van der Waals surface area contributed by atoms with Gasteiger partial charge in [-0.15, -0.1) is 0 Å². The van der Waals surface area contributed by atoms with Crippen molar-refractivity contribution in [2.24, 2.45) is 13.0 Å². The average molecular weight is 349 g/mol. The first-order chi connectivity index (χ1) is 11.3. The highest BCUT2D eigenvalue weighted by Gasteiger charge is 2.25. The van der Waals surface area contributed by atoms with E-state index in [-0.39, 0.29) is 0 Å². The minimum absolute atomic E-state index is 0.421. The Labute approximate surface area is 142 Å². The number of piperidine rings is 1. The minimum Gasteiger partial charge on any atom is -0.266 e. The third-order valence-corrected chi connectivity index (χ3v) is 5.80. The van der Waals surface area contributed by atoms with Crippen LogP contribution in [0.2, 0.25) is 0 Å². The van der Waals surface area contributed by atoms with E-state index in [1.807, 2.05) is 26.1 Å². The molecule has 3 heterocycles. The molecule has 0 amide bonds. The van der Waals surface area contributed by atoms with E-state index in [1.165, 1.54) is 6.26 Å². The summed E-state index contributed by atoms with van der Waals surface area (Å²) in [4.78, 5) is 9.26. The largest absolute Gasteiger partial charge is 0.266 e. The lowest BCUT2D eigenvalue weighted by atomic mass is 9.94. The van der Waals surface area contributed by atoms with Gasteiger partial charge in [-0.2, -0.15) is 5.10 Å². The summed E-state index contributed by atoms with van der Waals surface area (Å²) in [5, 5.41) is 4.19. The van der Waals surface area contributed by atoms with Crippen LogP contribution in [0.1, 0.15) is 24.4 Å². The molecule has 130 valence electrons. The molecule has 0 N–H and O–H groups in total. The predicted octanol–water partition coefficient (Wildman–Crippen LogP) is 1.40. The molecule has 1 fully saturated rings. The van der Waals surface area contributed by atoms with Gasteiger partial charge in [0.1, 0.15) is 5.82 Å². The summed E-state index contributed by atoms with van der Waals surface area (Å²) in [6, 6.07) is 3.91. The zero-order chi connectivity index (χ0) is 17.3. The van der Waals surface area contributed by atoms with Gasteiger partial charge in [0.25, 0.3) is 0 Å². The highest BCUT2D eigenvalue weighted by molar-refractivity contribution is 7.88. The third-order valence-electron chi connectivity index (χ3n) is 4.50. The summed E-state index contributed by atoms with van der Waals surface area (Å²) in [5.41, 5.74) is 2.78. The Morgan fingerprint density at radius 1 is 1.25 bits per heavy atom. The number of rotatable bonds is 4. The van der Waals surface area contributed by atoms with Crippen molar-refractivity contribution in [3.63, 3.8) is 0 Å². The zero-order valence-corrected chi connectivity index (χ0v) is 15.1. The lowest BCUT2D eigenvalue weighted by molar-refractivity contribution is 0.271. The maximum atomic E-state index is 11.6. The number of nitrogens with zero attached hydrogens (tertiary/aromatic N) is 5. The number of aromatic nitrogens is 4. The predicted molar refractivity (Wildman–Crippen MR) is 91.8 cm³/mol. The van der Waals surface area contributed by atoms with E-state index < -0.39 is 10.0 Å². The second kappa shape index (κ2) is 6.60. The third kappa shape index (κ3) is 3.81. The fourth-order valence-corrected chi connectivity index (χ4v) is 4.06. The molecular weight excluding hydrogens is 326 g/mol. The minimum atomic E-state index is -3.08. The maximum absolute atomic E-state index is 11.6. The van der Waals surface area contributed by atoms with E-state index in [0.29, 0.717) is 19.0 Å². The molecule has 0 aromatic carbocycles. The first-order valence-electron chi connectivity index (χ1n) is 8.11. The van der Waals surface area contributed by atoms with Gasteiger partial charge in [-0.1, -0.05) is 0 Å². The van der Waals surface area contributed by atoms with Crippen LogP contribution in [0, 0.1) is 12.8 Å². The van der Waals surface area contributed by atoms with Crippen molar-refractivity contribution in [3.05, 3.63) is 29.8 Å². The quantitative estimate of drug-likeness (QED) is 0.833. The lowest BCUT2D eigenvalue weighted by Crippen LogP contribution is -2.38. The van der Waals surface area contributed by atoms with Gasteiger partial charge in [0.15, 0.2) is 0 Å². The molecule has 2 aromatic heterocycles. The van der Waals surface area contributed by atoms with Crippen LogP contribution in [0.15, 0.2) is 18.3 Å². The van der Waals surface area contributed by atoms with Gasteiger partial charge in [0.2, 0.25) is 10.0 Å². The van der Waals surface area contributed by atoms with Crippen molar-refractivity contribution in [2.75, 3.05) is 19.3 Å². The van der Waals surface area contributed by atoms with Crippen LogP contribution in [0.25, 0.3) is 11.4 Å². The molecule has 1 aliphatic rings. The van der Waals surface area contributed by atoms with E-state index in [0.717, 1.165) is 42.2 Å². The zero-order valence-electron chi connectivity index (χ0n) is 14.3. The SMILES string of the molecule is Cc1cc(-c2ccnn2C)nc(CC2CCN(S(C)(=O)=O)CC2)n1. The molecule has 0 radical (unpaired) electrons. The monoisotopic (exact) mass is 349 g/mol. The van der Waals surface area contributed by atoms with Crippen LogP contribution in [-0.4, -0.2) is 51.8 Å². The van der Waals surface area contributed by atoms with Crippen LogP contribution in [0.4, 0.5) is 0 Å². The summed E-state index contributed by atoms with van der Waals surface area (Å²) < 4.78 is 26.6. The molecule has 0 aliphatic carbocycles. The maximum Gasteiger partial charge on any atom is 0.211 e. The smallest absolute Gasteiger partial charge is 0.211 e. The Balaban J connectivity index is 1.73. The molecule has 0 spiro atoms. The Bertz CT molecular complexity index is 823. The number of aryl methyl sites for hydroxylation is 2. The normalized spacial score (nSPS) is 17.3. The van der Waals surface area contributed by atoms with E-state index in [2.05, 4.69) is 10.1 Å². The van der Waals surface area contributed by atoms with Crippen molar-refractivity contribution in [3.8, 4) is 11.4 Å². The van der Waals surface area contributed by atoms with Crippen molar-refractivity contribution in [1.82, 2.24) is 24.1 Å². The Kier molecular flexibility index (Phi) is 4.69. The van der Waals surface area contributed by atoms with Crippen molar-refractivity contribution in [2.45, 2.75) is 26.2 Å². The average Bonchev–Trinajstić information content (AvgIpc) is 2.92. The van der Waals surface area contributed by atoms with Crippen LogP contribution in [-0.2, 0) is 23.5 Å². The van der Waals surface area contributed by atoms with E-state index in [9.17, 15) is 8.42 Å². The first kappa shape index (κ1) is 17.0. The van der Waals surface area contributed by atoms with E-state index >= 15 is 0 Å². The van der Waals surface area contributed by atoms with Crippen molar-refractivity contribution in [1.29, 1.82) is 0 Å². The van der Waals surface area contributed by atoms with Crippen LogP contribution in [0.3, 0.4) is 0 Å². The Morgan fingerprint density at radius 3 is 2.54 bits per heavy atom. The molecular formula is C16H23N5O2S. The summed E-state index contributed by atoms with van der Waals surface area (Å²) >= 11 is 0. The molecule has 8 heteroatoms. The van der Waals surface area contributed by atoms with E-state index in [4.69, 9.17) is 4.98 Å². The molecule has 1 saturated heterocycles. The molecule has 0 unspecified atom stereocenters. The van der Waals surface area contributed by atoms with Crippen molar-refractivity contribution >= 4 is 10.0 Å². The standard InChI is InChI=1S/C16H23N5O2S/c1-12-10-14(15-4-7-17-20(15)2)19-16(18-12)11-13-5-8-21(9-6-13)24(3,22)23/h4,7,10,13H,5-6,8-9,11H2,1-3H3. The number of hydrogen-bond acceptors (Lipinski definition) is 5. The highest BCUT2D eigenvalue weighted by atomic mass is 32.2. The molecule has 3 rings (SSSR count). The van der Waals surface area contributed by atoms with E-state index in [1.54, 1.807) is 15.2 Å². The van der Waals surface area contributed by atoms with Gasteiger partial charge < -0.3 is 0 Å². The van der Waals surface area contributed by atoms with Crippen molar-refractivity contribution < 1.29 is 8.42 Å². The molecule has 1 aliphatic heterocycles. The highest BCUT2D eigenvalue weighted by Crippen LogP contribution is 2.23. The molecule has 24 heavy (non-hydrogen) atoms. The molecule has 0 saturated carbocycles. The Morgan fingerprint density at radius 2 is 1.96 bits per heavy atom. The van der Waals surface area contributed by atoms with Gasteiger partial charge >= 0.3 is 0 Å².